The molecule has 1 aromatic carbocycles. The van der Waals surface area contributed by atoms with Crippen LogP contribution in [0.1, 0.15) is 26.2 Å². The van der Waals surface area contributed by atoms with E-state index < -0.39 is 0 Å². The summed E-state index contributed by atoms with van der Waals surface area (Å²) in [5, 5.41) is 6.60. The third kappa shape index (κ3) is 6.92. The van der Waals surface area contributed by atoms with Crippen LogP contribution in [0.3, 0.4) is 0 Å². The Hall–Kier alpha value is -2.28. The first kappa shape index (κ1) is 21.4. The zero-order valence-corrected chi connectivity index (χ0v) is 17.6. The van der Waals surface area contributed by atoms with Crippen molar-refractivity contribution in [1.29, 1.82) is 0 Å². The summed E-state index contributed by atoms with van der Waals surface area (Å²) in [7, 11) is 0. The molecule has 0 radical (unpaired) electrons. The number of ether oxygens (including phenoxy) is 1. The molecular weight excluding hydrogens is 366 g/mol. The Labute approximate surface area is 174 Å². The van der Waals surface area contributed by atoms with E-state index in [9.17, 15) is 4.79 Å². The first-order valence-electron chi connectivity index (χ1n) is 11.0. The molecule has 7 heteroatoms. The zero-order valence-electron chi connectivity index (χ0n) is 17.6. The molecule has 160 valence electrons. The van der Waals surface area contributed by atoms with Crippen LogP contribution in [0.15, 0.2) is 35.3 Å². The summed E-state index contributed by atoms with van der Waals surface area (Å²) in [5.74, 6) is 2.39. The molecule has 1 amide bonds. The minimum Gasteiger partial charge on any atom is -0.492 e. The fraction of sp³-hybridized carbons (Fsp3) is 0.636. The number of nitrogens with zero attached hydrogens (tertiary/aromatic N) is 3. The molecular formula is C22H35N5O2. The summed E-state index contributed by atoms with van der Waals surface area (Å²) in [6.45, 7) is 9.44. The number of guanidine groups is 1. The van der Waals surface area contributed by atoms with Gasteiger partial charge in [-0.15, -0.1) is 0 Å². The van der Waals surface area contributed by atoms with Crippen molar-refractivity contribution in [2.24, 2.45) is 10.9 Å². The SMILES string of the molecule is CCNC(=NCCN1CCN(C(=O)C2CCC2)CC1)NCCOc1ccccc1. The van der Waals surface area contributed by atoms with Crippen LogP contribution in [-0.2, 0) is 4.79 Å². The smallest absolute Gasteiger partial charge is 0.225 e. The van der Waals surface area contributed by atoms with Crippen molar-refractivity contribution in [3.63, 3.8) is 0 Å². The molecule has 2 aliphatic rings. The lowest BCUT2D eigenvalue weighted by Gasteiger charge is -2.38. The van der Waals surface area contributed by atoms with Crippen LogP contribution < -0.4 is 15.4 Å². The standard InChI is InChI=1S/C22H35N5O2/c1-2-23-22(25-12-18-29-20-9-4-3-5-10-20)24-11-13-26-14-16-27(17-15-26)21(28)19-7-6-8-19/h3-5,9-10,19H,2,6-8,11-18H2,1H3,(H2,23,24,25). The number of hydrogen-bond donors (Lipinski definition) is 2. The minimum absolute atomic E-state index is 0.311. The number of para-hydroxylation sites is 1. The average Bonchev–Trinajstić information content (AvgIpc) is 2.71. The molecule has 1 aromatic rings. The van der Waals surface area contributed by atoms with Crippen LogP contribution in [0.5, 0.6) is 5.75 Å². The normalized spacial score (nSPS) is 18.2. The molecule has 2 N–H and O–H groups in total. The molecule has 1 saturated carbocycles. The second kappa shape index (κ2) is 11.7. The first-order valence-corrected chi connectivity index (χ1v) is 11.0. The highest BCUT2D eigenvalue weighted by molar-refractivity contribution is 5.80. The van der Waals surface area contributed by atoms with Crippen LogP contribution in [0, 0.1) is 5.92 Å². The van der Waals surface area contributed by atoms with Crippen LogP contribution in [0.4, 0.5) is 0 Å². The molecule has 0 bridgehead atoms. The van der Waals surface area contributed by atoms with Crippen LogP contribution in [-0.4, -0.2) is 80.6 Å². The van der Waals surface area contributed by atoms with E-state index in [1.54, 1.807) is 0 Å². The Bertz CT molecular complexity index is 640. The summed E-state index contributed by atoms with van der Waals surface area (Å²) < 4.78 is 5.71. The molecule has 29 heavy (non-hydrogen) atoms. The fourth-order valence-electron chi connectivity index (χ4n) is 3.61. The Morgan fingerprint density at radius 1 is 1.14 bits per heavy atom. The number of nitrogens with one attached hydrogen (secondary N) is 2. The number of benzene rings is 1. The molecule has 1 saturated heterocycles. The van der Waals surface area contributed by atoms with Gasteiger partial charge in [-0.3, -0.25) is 14.7 Å². The lowest BCUT2D eigenvalue weighted by Crippen LogP contribution is -2.51. The van der Waals surface area contributed by atoms with Crippen molar-refractivity contribution in [2.75, 3.05) is 59.0 Å². The van der Waals surface area contributed by atoms with Crippen molar-refractivity contribution in [1.82, 2.24) is 20.4 Å². The molecule has 0 spiro atoms. The molecule has 7 nitrogen and oxygen atoms in total. The van der Waals surface area contributed by atoms with Crippen molar-refractivity contribution in [3.05, 3.63) is 30.3 Å². The highest BCUT2D eigenvalue weighted by atomic mass is 16.5. The molecule has 1 heterocycles. The van der Waals surface area contributed by atoms with Crippen molar-refractivity contribution in [2.45, 2.75) is 26.2 Å². The molecule has 0 unspecified atom stereocenters. The van der Waals surface area contributed by atoms with Gasteiger partial charge in [0.1, 0.15) is 12.4 Å². The van der Waals surface area contributed by atoms with E-state index in [2.05, 4.69) is 32.3 Å². The summed E-state index contributed by atoms with van der Waals surface area (Å²) in [4.78, 5) is 21.5. The summed E-state index contributed by atoms with van der Waals surface area (Å²) in [5.41, 5.74) is 0. The van der Waals surface area contributed by atoms with Gasteiger partial charge in [0.2, 0.25) is 5.91 Å². The predicted octanol–water partition coefficient (Wildman–Crippen LogP) is 1.56. The van der Waals surface area contributed by atoms with Gasteiger partial charge in [0.05, 0.1) is 13.1 Å². The maximum absolute atomic E-state index is 12.3. The number of carbonyl (C=O) groups excluding carboxylic acids is 1. The molecule has 2 fully saturated rings. The van der Waals surface area contributed by atoms with Gasteiger partial charge in [0.15, 0.2) is 5.96 Å². The Kier molecular flexibility index (Phi) is 8.61. The van der Waals surface area contributed by atoms with Gasteiger partial charge in [-0.2, -0.15) is 0 Å². The summed E-state index contributed by atoms with van der Waals surface area (Å²) in [6, 6.07) is 9.83. The third-order valence-electron chi connectivity index (χ3n) is 5.58. The molecule has 1 aliphatic carbocycles. The fourth-order valence-corrected chi connectivity index (χ4v) is 3.61. The molecule has 3 rings (SSSR count). The van der Waals surface area contributed by atoms with Crippen LogP contribution in [0.25, 0.3) is 0 Å². The second-order valence-corrected chi connectivity index (χ2v) is 7.64. The van der Waals surface area contributed by atoms with E-state index in [4.69, 9.17) is 4.74 Å². The predicted molar refractivity (Wildman–Crippen MR) is 116 cm³/mol. The zero-order chi connectivity index (χ0) is 20.3. The van der Waals surface area contributed by atoms with Gasteiger partial charge in [-0.1, -0.05) is 24.6 Å². The second-order valence-electron chi connectivity index (χ2n) is 7.64. The van der Waals surface area contributed by atoms with Crippen molar-refractivity contribution < 1.29 is 9.53 Å². The molecule has 1 aliphatic heterocycles. The Morgan fingerprint density at radius 2 is 1.90 bits per heavy atom. The number of rotatable bonds is 9. The van der Waals surface area contributed by atoms with E-state index in [1.165, 1.54) is 6.42 Å². The maximum atomic E-state index is 12.3. The summed E-state index contributed by atoms with van der Waals surface area (Å²) >= 11 is 0. The van der Waals surface area contributed by atoms with E-state index >= 15 is 0 Å². The Balaban J connectivity index is 1.32. The van der Waals surface area contributed by atoms with E-state index in [1.807, 2.05) is 30.3 Å². The van der Waals surface area contributed by atoms with E-state index in [0.717, 1.165) is 70.4 Å². The average molecular weight is 402 g/mol. The van der Waals surface area contributed by atoms with Gasteiger partial charge in [-0.05, 0) is 31.9 Å². The quantitative estimate of drug-likeness (QED) is 0.373. The van der Waals surface area contributed by atoms with Crippen LogP contribution in [0.2, 0.25) is 0 Å². The van der Waals surface area contributed by atoms with E-state index in [0.29, 0.717) is 25.0 Å². The monoisotopic (exact) mass is 401 g/mol. The highest BCUT2D eigenvalue weighted by Gasteiger charge is 2.30. The molecule has 0 aromatic heterocycles. The van der Waals surface area contributed by atoms with E-state index in [-0.39, 0.29) is 0 Å². The van der Waals surface area contributed by atoms with Gasteiger partial charge < -0.3 is 20.3 Å². The minimum atomic E-state index is 0.311. The third-order valence-corrected chi connectivity index (χ3v) is 5.58. The Morgan fingerprint density at radius 3 is 2.55 bits per heavy atom. The van der Waals surface area contributed by atoms with Gasteiger partial charge in [-0.25, -0.2) is 0 Å². The number of piperazine rings is 1. The largest absolute Gasteiger partial charge is 0.492 e. The topological polar surface area (TPSA) is 69.2 Å². The van der Waals surface area contributed by atoms with Crippen molar-refractivity contribution in [3.8, 4) is 5.75 Å². The first-order chi connectivity index (χ1) is 14.3. The van der Waals surface area contributed by atoms with Crippen LogP contribution >= 0.6 is 0 Å². The number of hydrogen-bond acceptors (Lipinski definition) is 4. The van der Waals surface area contributed by atoms with Gasteiger partial charge in [0, 0.05) is 45.2 Å². The number of aliphatic imine (C=N–C) groups is 1. The van der Waals surface area contributed by atoms with Crippen molar-refractivity contribution >= 4 is 11.9 Å². The lowest BCUT2D eigenvalue weighted by molar-refractivity contribution is -0.139. The number of amides is 1. The van der Waals surface area contributed by atoms with Gasteiger partial charge in [0.25, 0.3) is 0 Å². The maximum Gasteiger partial charge on any atom is 0.225 e. The molecule has 0 atom stereocenters. The number of carbonyl (C=O) groups is 1. The lowest BCUT2D eigenvalue weighted by atomic mass is 9.84. The summed E-state index contributed by atoms with van der Waals surface area (Å²) in [6.07, 6.45) is 3.39. The highest BCUT2D eigenvalue weighted by Crippen LogP contribution is 2.28. The van der Waals surface area contributed by atoms with Gasteiger partial charge >= 0.3 is 0 Å².